The molecular weight excluding hydrogens is 404 g/mol. The van der Waals surface area contributed by atoms with Gasteiger partial charge in [0.1, 0.15) is 5.75 Å². The van der Waals surface area contributed by atoms with E-state index in [1.165, 1.54) is 6.92 Å². The minimum atomic E-state index is -0.649. The van der Waals surface area contributed by atoms with Gasteiger partial charge in [0.2, 0.25) is 5.91 Å². The molecule has 2 aromatic rings. The molecule has 7 nitrogen and oxygen atoms in total. The minimum Gasteiger partial charge on any atom is -0.482 e. The SMILES string of the molecule is CC(=O)Nc1ccc(NC(=O)COC(=O)COc2ccc(Br)cc2)cc1. The Morgan fingerprint density at radius 3 is 2.04 bits per heavy atom. The highest BCUT2D eigenvalue weighted by atomic mass is 79.9. The van der Waals surface area contributed by atoms with Crippen molar-refractivity contribution < 1.29 is 23.9 Å². The van der Waals surface area contributed by atoms with Gasteiger partial charge in [0, 0.05) is 22.8 Å². The molecule has 136 valence electrons. The van der Waals surface area contributed by atoms with Crippen LogP contribution in [0.25, 0.3) is 0 Å². The Bertz CT molecular complexity index is 775. The molecule has 0 radical (unpaired) electrons. The van der Waals surface area contributed by atoms with Crippen LogP contribution >= 0.6 is 15.9 Å². The van der Waals surface area contributed by atoms with Crippen LogP contribution in [0.15, 0.2) is 53.0 Å². The third kappa shape index (κ3) is 6.94. The van der Waals surface area contributed by atoms with Crippen LogP contribution < -0.4 is 15.4 Å². The van der Waals surface area contributed by atoms with E-state index >= 15 is 0 Å². The molecule has 8 heteroatoms. The second-order valence-electron chi connectivity index (χ2n) is 5.21. The van der Waals surface area contributed by atoms with Crippen LogP contribution in [-0.2, 0) is 19.1 Å². The van der Waals surface area contributed by atoms with Gasteiger partial charge in [-0.2, -0.15) is 0 Å². The number of halogens is 1. The van der Waals surface area contributed by atoms with Gasteiger partial charge >= 0.3 is 5.97 Å². The van der Waals surface area contributed by atoms with Gasteiger partial charge in [-0.05, 0) is 48.5 Å². The second-order valence-corrected chi connectivity index (χ2v) is 6.13. The van der Waals surface area contributed by atoms with E-state index in [-0.39, 0.29) is 12.5 Å². The summed E-state index contributed by atoms with van der Waals surface area (Å²) in [7, 11) is 0. The molecule has 0 aliphatic rings. The van der Waals surface area contributed by atoms with Crippen molar-refractivity contribution in [3.05, 3.63) is 53.0 Å². The first-order valence-electron chi connectivity index (χ1n) is 7.64. The maximum atomic E-state index is 11.8. The molecule has 0 fully saturated rings. The predicted molar refractivity (Wildman–Crippen MR) is 100.0 cm³/mol. The van der Waals surface area contributed by atoms with Crippen LogP contribution in [0.5, 0.6) is 5.75 Å². The van der Waals surface area contributed by atoms with Crippen molar-refractivity contribution in [3.8, 4) is 5.75 Å². The van der Waals surface area contributed by atoms with Crippen molar-refractivity contribution in [1.29, 1.82) is 0 Å². The Hall–Kier alpha value is -2.87. The molecule has 0 heterocycles. The number of amides is 2. The molecule has 0 aliphatic heterocycles. The Morgan fingerprint density at radius 2 is 1.46 bits per heavy atom. The standard InChI is InChI=1S/C18H17BrN2O5/c1-12(22)20-14-4-6-15(7-5-14)21-17(23)10-26-18(24)11-25-16-8-2-13(19)3-9-16/h2-9H,10-11H2,1H3,(H,20,22)(H,21,23). The molecule has 0 aromatic heterocycles. The van der Waals surface area contributed by atoms with Gasteiger partial charge in [-0.1, -0.05) is 15.9 Å². The molecular formula is C18H17BrN2O5. The fraction of sp³-hybridized carbons (Fsp3) is 0.167. The Labute approximate surface area is 158 Å². The lowest BCUT2D eigenvalue weighted by Gasteiger charge is -2.08. The number of rotatable bonds is 7. The van der Waals surface area contributed by atoms with E-state index in [4.69, 9.17) is 9.47 Å². The molecule has 0 spiro atoms. The first-order valence-corrected chi connectivity index (χ1v) is 8.43. The van der Waals surface area contributed by atoms with Gasteiger partial charge < -0.3 is 20.1 Å². The predicted octanol–water partition coefficient (Wildman–Crippen LogP) is 2.97. The topological polar surface area (TPSA) is 93.7 Å². The highest BCUT2D eigenvalue weighted by molar-refractivity contribution is 9.10. The summed E-state index contributed by atoms with van der Waals surface area (Å²) < 4.78 is 11.0. The maximum absolute atomic E-state index is 11.8. The number of esters is 1. The summed E-state index contributed by atoms with van der Waals surface area (Å²) in [5, 5.41) is 5.20. The number of hydrogen-bond donors (Lipinski definition) is 2. The highest BCUT2D eigenvalue weighted by Crippen LogP contribution is 2.16. The number of nitrogens with one attached hydrogen (secondary N) is 2. The summed E-state index contributed by atoms with van der Waals surface area (Å²) >= 11 is 3.30. The van der Waals surface area contributed by atoms with Crippen LogP contribution in [-0.4, -0.2) is 31.0 Å². The van der Waals surface area contributed by atoms with Crippen LogP contribution in [0.3, 0.4) is 0 Å². The fourth-order valence-corrected chi connectivity index (χ4v) is 2.16. The van der Waals surface area contributed by atoms with E-state index in [1.807, 2.05) is 0 Å². The summed E-state index contributed by atoms with van der Waals surface area (Å²) in [4.78, 5) is 34.3. The summed E-state index contributed by atoms with van der Waals surface area (Å²) in [5.41, 5.74) is 1.14. The molecule has 0 unspecified atom stereocenters. The summed E-state index contributed by atoms with van der Waals surface area (Å²) in [5.74, 6) is -0.786. The second kappa shape index (κ2) is 9.57. The Kier molecular flexibility index (Phi) is 7.16. The lowest BCUT2D eigenvalue weighted by Crippen LogP contribution is -2.23. The molecule has 0 bridgehead atoms. The highest BCUT2D eigenvalue weighted by Gasteiger charge is 2.09. The zero-order chi connectivity index (χ0) is 18.9. The maximum Gasteiger partial charge on any atom is 0.344 e. The molecule has 0 saturated carbocycles. The Balaban J connectivity index is 1.71. The normalized spacial score (nSPS) is 9.92. The third-order valence-electron chi connectivity index (χ3n) is 3.02. The zero-order valence-corrected chi connectivity index (χ0v) is 15.5. The average molecular weight is 421 g/mol. The zero-order valence-electron chi connectivity index (χ0n) is 14.0. The monoisotopic (exact) mass is 420 g/mol. The number of ether oxygens (including phenoxy) is 2. The number of anilines is 2. The molecule has 2 rings (SSSR count). The average Bonchev–Trinajstić information content (AvgIpc) is 2.61. The van der Waals surface area contributed by atoms with Crippen LogP contribution in [0.1, 0.15) is 6.92 Å². The first kappa shape index (κ1) is 19.5. The van der Waals surface area contributed by atoms with E-state index in [0.29, 0.717) is 17.1 Å². The number of carbonyl (C=O) groups is 3. The van der Waals surface area contributed by atoms with Crippen LogP contribution in [0.4, 0.5) is 11.4 Å². The molecule has 2 amide bonds. The largest absolute Gasteiger partial charge is 0.482 e. The summed E-state index contributed by atoms with van der Waals surface area (Å²) in [6.45, 7) is 0.695. The van der Waals surface area contributed by atoms with Gasteiger partial charge in [0.15, 0.2) is 13.2 Å². The van der Waals surface area contributed by atoms with Crippen LogP contribution in [0, 0.1) is 0 Å². The van der Waals surface area contributed by atoms with Crippen molar-refractivity contribution in [3.63, 3.8) is 0 Å². The third-order valence-corrected chi connectivity index (χ3v) is 3.55. The van der Waals surface area contributed by atoms with Gasteiger partial charge in [-0.15, -0.1) is 0 Å². The summed E-state index contributed by atoms with van der Waals surface area (Å²) in [6, 6.07) is 13.5. The van der Waals surface area contributed by atoms with Gasteiger partial charge in [-0.3, -0.25) is 9.59 Å². The van der Waals surface area contributed by atoms with Crippen molar-refractivity contribution in [2.45, 2.75) is 6.92 Å². The lowest BCUT2D eigenvalue weighted by molar-refractivity contribution is -0.149. The van der Waals surface area contributed by atoms with E-state index in [0.717, 1.165) is 4.47 Å². The minimum absolute atomic E-state index is 0.181. The molecule has 0 saturated heterocycles. The quantitative estimate of drug-likeness (QED) is 0.671. The molecule has 0 aliphatic carbocycles. The molecule has 2 N–H and O–H groups in total. The van der Waals surface area contributed by atoms with Crippen molar-refractivity contribution in [2.24, 2.45) is 0 Å². The van der Waals surface area contributed by atoms with E-state index in [2.05, 4.69) is 26.6 Å². The molecule has 2 aromatic carbocycles. The first-order chi connectivity index (χ1) is 12.4. The van der Waals surface area contributed by atoms with Crippen LogP contribution in [0.2, 0.25) is 0 Å². The van der Waals surface area contributed by atoms with Gasteiger partial charge in [-0.25, -0.2) is 4.79 Å². The molecule has 26 heavy (non-hydrogen) atoms. The van der Waals surface area contributed by atoms with Crippen molar-refractivity contribution in [1.82, 2.24) is 0 Å². The van der Waals surface area contributed by atoms with E-state index in [1.54, 1.807) is 48.5 Å². The number of benzene rings is 2. The Morgan fingerprint density at radius 1 is 0.885 bits per heavy atom. The van der Waals surface area contributed by atoms with Gasteiger partial charge in [0.25, 0.3) is 5.91 Å². The summed E-state index contributed by atoms with van der Waals surface area (Å²) in [6.07, 6.45) is 0. The number of hydrogen-bond acceptors (Lipinski definition) is 5. The van der Waals surface area contributed by atoms with Crippen molar-refractivity contribution >= 4 is 45.1 Å². The van der Waals surface area contributed by atoms with Gasteiger partial charge in [0.05, 0.1) is 0 Å². The fourth-order valence-electron chi connectivity index (χ4n) is 1.90. The number of carbonyl (C=O) groups excluding carboxylic acids is 3. The smallest absolute Gasteiger partial charge is 0.344 e. The molecule has 0 atom stereocenters. The lowest BCUT2D eigenvalue weighted by atomic mass is 10.2. The van der Waals surface area contributed by atoms with Crippen molar-refractivity contribution in [2.75, 3.05) is 23.8 Å². The van der Waals surface area contributed by atoms with E-state index < -0.39 is 18.5 Å². The van der Waals surface area contributed by atoms with E-state index in [9.17, 15) is 14.4 Å².